The van der Waals surface area contributed by atoms with Gasteiger partial charge in [-0.25, -0.2) is 0 Å². The van der Waals surface area contributed by atoms with Crippen LogP contribution in [0.2, 0.25) is 0 Å². The first-order valence-electron chi connectivity index (χ1n) is 7.41. The van der Waals surface area contributed by atoms with Crippen molar-refractivity contribution in [3.8, 4) is 0 Å². The maximum absolute atomic E-state index is 12.2. The van der Waals surface area contributed by atoms with Crippen LogP contribution in [0.3, 0.4) is 0 Å². The highest BCUT2D eigenvalue weighted by Gasteiger charge is 2.19. The Kier molecular flexibility index (Phi) is 4.02. The van der Waals surface area contributed by atoms with Crippen molar-refractivity contribution in [2.24, 2.45) is 0 Å². The van der Waals surface area contributed by atoms with Crippen molar-refractivity contribution in [3.63, 3.8) is 0 Å². The van der Waals surface area contributed by atoms with Gasteiger partial charge >= 0.3 is 0 Å². The summed E-state index contributed by atoms with van der Waals surface area (Å²) in [4.78, 5) is 12.2. The van der Waals surface area contributed by atoms with Crippen LogP contribution in [-0.2, 0) is 6.54 Å². The fraction of sp³-hybridized carbons (Fsp3) is 0.278. The molecule has 0 spiro atoms. The van der Waals surface area contributed by atoms with Gasteiger partial charge < -0.3 is 10.6 Å². The number of rotatable bonds is 5. The molecule has 1 saturated carbocycles. The van der Waals surface area contributed by atoms with Crippen molar-refractivity contribution in [2.75, 3.05) is 5.32 Å². The predicted molar refractivity (Wildman–Crippen MR) is 85.4 cm³/mol. The molecule has 2 aromatic rings. The van der Waals surface area contributed by atoms with Crippen LogP contribution in [0.5, 0.6) is 0 Å². The van der Waals surface area contributed by atoms with Crippen molar-refractivity contribution in [1.29, 1.82) is 0 Å². The zero-order valence-electron chi connectivity index (χ0n) is 12.2. The lowest BCUT2D eigenvalue weighted by Gasteiger charge is -2.08. The first kappa shape index (κ1) is 13.8. The third-order valence-electron chi connectivity index (χ3n) is 3.64. The molecule has 0 radical (unpaired) electrons. The highest BCUT2D eigenvalue weighted by molar-refractivity contribution is 6.04. The second kappa shape index (κ2) is 6.10. The van der Waals surface area contributed by atoms with E-state index >= 15 is 0 Å². The monoisotopic (exact) mass is 280 g/mol. The minimum absolute atomic E-state index is 0.0639. The van der Waals surface area contributed by atoms with Gasteiger partial charge in [0.15, 0.2) is 0 Å². The van der Waals surface area contributed by atoms with E-state index in [4.69, 9.17) is 0 Å². The average molecular weight is 280 g/mol. The Bertz CT molecular complexity index is 647. The number of carbonyl (C=O) groups excluding carboxylic acids is 1. The summed E-state index contributed by atoms with van der Waals surface area (Å²) in [6.07, 6.45) is 2.56. The summed E-state index contributed by atoms with van der Waals surface area (Å²) in [6.45, 7) is 2.85. The first-order chi connectivity index (χ1) is 10.2. The van der Waals surface area contributed by atoms with E-state index in [1.165, 1.54) is 18.4 Å². The van der Waals surface area contributed by atoms with E-state index in [0.29, 0.717) is 11.6 Å². The van der Waals surface area contributed by atoms with E-state index in [2.05, 4.69) is 16.7 Å². The Morgan fingerprint density at radius 2 is 1.95 bits per heavy atom. The molecule has 1 amide bonds. The van der Waals surface area contributed by atoms with Crippen LogP contribution in [0.1, 0.15) is 34.3 Å². The third kappa shape index (κ3) is 3.92. The number of nitrogens with one attached hydrogen (secondary N) is 2. The highest BCUT2D eigenvalue weighted by atomic mass is 16.1. The van der Waals surface area contributed by atoms with Crippen LogP contribution in [0.25, 0.3) is 0 Å². The Morgan fingerprint density at radius 1 is 1.14 bits per heavy atom. The van der Waals surface area contributed by atoms with Crippen molar-refractivity contribution in [3.05, 3.63) is 65.2 Å². The van der Waals surface area contributed by atoms with Crippen LogP contribution in [0, 0.1) is 6.92 Å². The summed E-state index contributed by atoms with van der Waals surface area (Å²) >= 11 is 0. The molecular weight excluding hydrogens is 260 g/mol. The van der Waals surface area contributed by atoms with Gasteiger partial charge in [-0.15, -0.1) is 0 Å². The molecule has 3 heteroatoms. The Hall–Kier alpha value is -2.13. The van der Waals surface area contributed by atoms with E-state index in [-0.39, 0.29) is 5.91 Å². The van der Waals surface area contributed by atoms with Crippen LogP contribution in [0.15, 0.2) is 48.5 Å². The zero-order chi connectivity index (χ0) is 14.7. The molecule has 0 atom stereocenters. The van der Waals surface area contributed by atoms with Gasteiger partial charge in [0.1, 0.15) is 0 Å². The van der Waals surface area contributed by atoms with Gasteiger partial charge in [-0.2, -0.15) is 0 Å². The Balaban J connectivity index is 1.66. The molecule has 2 N–H and O–H groups in total. The summed E-state index contributed by atoms with van der Waals surface area (Å²) in [5.74, 6) is -0.0639. The van der Waals surface area contributed by atoms with E-state index in [1.54, 1.807) is 0 Å². The number of benzene rings is 2. The van der Waals surface area contributed by atoms with Crippen LogP contribution >= 0.6 is 0 Å². The van der Waals surface area contributed by atoms with Gasteiger partial charge in [0, 0.05) is 23.8 Å². The second-order valence-electron chi connectivity index (χ2n) is 5.68. The van der Waals surface area contributed by atoms with Gasteiger partial charge in [0.2, 0.25) is 0 Å². The molecule has 108 valence electrons. The highest BCUT2D eigenvalue weighted by Crippen LogP contribution is 2.20. The molecule has 1 aliphatic rings. The van der Waals surface area contributed by atoms with Crippen molar-refractivity contribution < 1.29 is 4.79 Å². The van der Waals surface area contributed by atoms with Gasteiger partial charge in [0.05, 0.1) is 0 Å². The summed E-state index contributed by atoms with van der Waals surface area (Å²) in [5.41, 5.74) is 3.82. The van der Waals surface area contributed by atoms with Crippen LogP contribution in [-0.4, -0.2) is 11.9 Å². The second-order valence-corrected chi connectivity index (χ2v) is 5.68. The molecule has 3 nitrogen and oxygen atoms in total. The van der Waals surface area contributed by atoms with E-state index in [1.807, 2.05) is 49.4 Å². The van der Waals surface area contributed by atoms with Gasteiger partial charge in [0.25, 0.3) is 5.91 Å². The SMILES string of the molecule is Cc1cccc(C(=O)Nc2cccc(CNC3CC3)c2)c1. The fourth-order valence-corrected chi connectivity index (χ4v) is 2.30. The zero-order valence-corrected chi connectivity index (χ0v) is 12.2. The maximum Gasteiger partial charge on any atom is 0.255 e. The molecular formula is C18H20N2O. The largest absolute Gasteiger partial charge is 0.322 e. The first-order valence-corrected chi connectivity index (χ1v) is 7.41. The van der Waals surface area contributed by atoms with E-state index < -0.39 is 0 Å². The van der Waals surface area contributed by atoms with Crippen molar-refractivity contribution >= 4 is 11.6 Å². The number of aryl methyl sites for hydroxylation is 1. The number of anilines is 1. The number of hydrogen-bond acceptors (Lipinski definition) is 2. The normalized spacial score (nSPS) is 14.0. The summed E-state index contributed by atoms with van der Waals surface area (Å²) in [6, 6.07) is 16.3. The van der Waals surface area contributed by atoms with Gasteiger partial charge in [-0.05, 0) is 49.6 Å². The quantitative estimate of drug-likeness (QED) is 0.880. The number of amides is 1. The van der Waals surface area contributed by atoms with E-state index in [0.717, 1.165) is 17.8 Å². The molecule has 0 aliphatic heterocycles. The summed E-state index contributed by atoms with van der Waals surface area (Å²) in [7, 11) is 0. The third-order valence-corrected chi connectivity index (χ3v) is 3.64. The molecule has 1 aliphatic carbocycles. The van der Waals surface area contributed by atoms with Gasteiger partial charge in [-0.1, -0.05) is 29.8 Å². The van der Waals surface area contributed by atoms with Crippen LogP contribution in [0.4, 0.5) is 5.69 Å². The lowest BCUT2D eigenvalue weighted by molar-refractivity contribution is 0.102. The Labute approximate surface area is 125 Å². The van der Waals surface area contributed by atoms with E-state index in [9.17, 15) is 4.79 Å². The number of hydrogen-bond donors (Lipinski definition) is 2. The summed E-state index contributed by atoms with van der Waals surface area (Å²) in [5, 5.41) is 6.44. The van der Waals surface area contributed by atoms with Crippen LogP contribution < -0.4 is 10.6 Å². The maximum atomic E-state index is 12.2. The molecule has 3 rings (SSSR count). The minimum Gasteiger partial charge on any atom is -0.322 e. The van der Waals surface area contributed by atoms with Crippen molar-refractivity contribution in [2.45, 2.75) is 32.4 Å². The molecule has 0 saturated heterocycles. The van der Waals surface area contributed by atoms with Crippen molar-refractivity contribution in [1.82, 2.24) is 5.32 Å². The fourth-order valence-electron chi connectivity index (χ4n) is 2.30. The molecule has 0 bridgehead atoms. The lowest BCUT2D eigenvalue weighted by Crippen LogP contribution is -2.16. The predicted octanol–water partition coefficient (Wildman–Crippen LogP) is 3.50. The smallest absolute Gasteiger partial charge is 0.255 e. The lowest BCUT2D eigenvalue weighted by atomic mass is 10.1. The molecule has 1 fully saturated rings. The summed E-state index contributed by atoms with van der Waals surface area (Å²) < 4.78 is 0. The molecule has 0 unspecified atom stereocenters. The molecule has 21 heavy (non-hydrogen) atoms. The molecule has 0 heterocycles. The standard InChI is InChI=1S/C18H20N2O/c1-13-4-2-6-15(10-13)18(21)20-17-7-3-5-14(11-17)12-19-16-8-9-16/h2-7,10-11,16,19H,8-9,12H2,1H3,(H,20,21). The Morgan fingerprint density at radius 3 is 2.71 bits per heavy atom. The minimum atomic E-state index is -0.0639. The average Bonchev–Trinajstić information content (AvgIpc) is 3.30. The molecule has 2 aromatic carbocycles. The topological polar surface area (TPSA) is 41.1 Å². The number of carbonyl (C=O) groups is 1. The molecule has 0 aromatic heterocycles. The van der Waals surface area contributed by atoms with Gasteiger partial charge in [-0.3, -0.25) is 4.79 Å².